The molecule has 0 saturated heterocycles. The standard InChI is InChI=1S/C20H24BN3O4/c1-27-14-17(23-19(25)16-11-5-6-13-22-16)20-24-18(21(26)28-20)12-7-10-15-8-3-2-4-9-15/h2-6,8-9,11,13,17-18,26H,7,10,12,14H2,1H3,(H,23,25)/t17-,18+/m1/s1. The van der Waals surface area contributed by atoms with Gasteiger partial charge in [-0.2, -0.15) is 0 Å². The summed E-state index contributed by atoms with van der Waals surface area (Å²) >= 11 is 0. The van der Waals surface area contributed by atoms with Gasteiger partial charge in [-0.05, 0) is 37.0 Å². The quantitative estimate of drug-likeness (QED) is 0.645. The van der Waals surface area contributed by atoms with Crippen molar-refractivity contribution in [3.05, 3.63) is 66.0 Å². The van der Waals surface area contributed by atoms with E-state index >= 15 is 0 Å². The molecule has 2 aromatic rings. The number of pyridine rings is 1. The molecule has 3 rings (SSSR count). The van der Waals surface area contributed by atoms with Gasteiger partial charge >= 0.3 is 7.12 Å². The number of rotatable bonds is 9. The summed E-state index contributed by atoms with van der Waals surface area (Å²) in [5, 5.41) is 13.0. The number of hydrogen-bond donors (Lipinski definition) is 2. The van der Waals surface area contributed by atoms with Crippen LogP contribution >= 0.6 is 0 Å². The SMILES string of the molecule is COC[C@@H](NC(=O)c1ccccn1)C1=N[C@@H](CCCc2ccccc2)B(O)O1. The molecule has 1 aromatic carbocycles. The van der Waals surface area contributed by atoms with Gasteiger partial charge in [0.25, 0.3) is 5.91 Å². The van der Waals surface area contributed by atoms with E-state index in [-0.39, 0.29) is 24.4 Å². The van der Waals surface area contributed by atoms with Crippen LogP contribution in [0.1, 0.15) is 28.9 Å². The van der Waals surface area contributed by atoms with E-state index in [2.05, 4.69) is 27.4 Å². The molecule has 28 heavy (non-hydrogen) atoms. The molecule has 0 fully saturated rings. The van der Waals surface area contributed by atoms with E-state index in [1.807, 2.05) is 18.2 Å². The molecule has 1 aliphatic rings. The number of carbonyl (C=O) groups is 1. The Kier molecular flexibility index (Phi) is 7.16. The number of aromatic nitrogens is 1. The second kappa shape index (κ2) is 10.0. The maximum atomic E-state index is 12.4. The maximum Gasteiger partial charge on any atom is 0.550 e. The van der Waals surface area contributed by atoms with E-state index in [4.69, 9.17) is 9.39 Å². The van der Waals surface area contributed by atoms with Crippen LogP contribution in [0, 0.1) is 0 Å². The molecular weight excluding hydrogens is 357 g/mol. The molecule has 1 aromatic heterocycles. The molecule has 0 unspecified atom stereocenters. The number of methoxy groups -OCH3 is 1. The Morgan fingerprint density at radius 1 is 1.29 bits per heavy atom. The van der Waals surface area contributed by atoms with Crippen molar-refractivity contribution >= 4 is 18.9 Å². The Labute approximate surface area is 165 Å². The predicted molar refractivity (Wildman–Crippen MR) is 107 cm³/mol. The number of aryl methyl sites for hydroxylation is 1. The maximum absolute atomic E-state index is 12.4. The number of nitrogens with one attached hydrogen (secondary N) is 1. The van der Waals surface area contributed by atoms with Crippen LogP contribution in [0.4, 0.5) is 0 Å². The highest BCUT2D eigenvalue weighted by Gasteiger charge is 2.39. The smallest absolute Gasteiger partial charge is 0.523 e. The number of carbonyl (C=O) groups excluding carboxylic acids is 1. The second-order valence-electron chi connectivity index (χ2n) is 6.62. The topological polar surface area (TPSA) is 93.0 Å². The van der Waals surface area contributed by atoms with Crippen molar-refractivity contribution in [3.8, 4) is 0 Å². The Morgan fingerprint density at radius 3 is 2.79 bits per heavy atom. The minimum atomic E-state index is -1.02. The molecule has 0 spiro atoms. The lowest BCUT2D eigenvalue weighted by Crippen LogP contribution is -2.45. The molecule has 1 aliphatic heterocycles. The van der Waals surface area contributed by atoms with Crippen molar-refractivity contribution in [3.63, 3.8) is 0 Å². The van der Waals surface area contributed by atoms with Gasteiger partial charge in [-0.1, -0.05) is 36.4 Å². The molecule has 1 amide bonds. The number of nitrogens with zero attached hydrogens (tertiary/aromatic N) is 2. The molecule has 0 aliphatic carbocycles. The summed E-state index contributed by atoms with van der Waals surface area (Å²) in [6.45, 7) is 0.181. The Balaban J connectivity index is 1.59. The third kappa shape index (κ3) is 5.40. The number of hydrogen-bond acceptors (Lipinski definition) is 6. The van der Waals surface area contributed by atoms with Crippen LogP contribution in [-0.2, 0) is 15.8 Å². The van der Waals surface area contributed by atoms with Gasteiger partial charge in [0.1, 0.15) is 17.7 Å². The highest BCUT2D eigenvalue weighted by Crippen LogP contribution is 2.17. The summed E-state index contributed by atoms with van der Waals surface area (Å²) in [6, 6.07) is 14.7. The van der Waals surface area contributed by atoms with E-state index in [0.29, 0.717) is 12.1 Å². The highest BCUT2D eigenvalue weighted by molar-refractivity contribution is 6.49. The second-order valence-corrected chi connectivity index (χ2v) is 6.62. The molecule has 2 atom stereocenters. The van der Waals surface area contributed by atoms with Crippen LogP contribution in [0.5, 0.6) is 0 Å². The molecule has 0 radical (unpaired) electrons. The van der Waals surface area contributed by atoms with Gasteiger partial charge in [0, 0.05) is 13.3 Å². The van der Waals surface area contributed by atoms with Crippen LogP contribution in [0.3, 0.4) is 0 Å². The lowest BCUT2D eigenvalue weighted by atomic mass is 9.77. The zero-order valence-electron chi connectivity index (χ0n) is 15.8. The Hall–Kier alpha value is -2.71. The highest BCUT2D eigenvalue weighted by atomic mass is 16.5. The molecule has 2 N–H and O–H groups in total. The fourth-order valence-electron chi connectivity index (χ4n) is 3.07. The first-order valence-electron chi connectivity index (χ1n) is 9.34. The van der Waals surface area contributed by atoms with Gasteiger partial charge in [-0.15, -0.1) is 0 Å². The Bertz CT molecular complexity index is 789. The van der Waals surface area contributed by atoms with E-state index in [0.717, 1.165) is 12.8 Å². The van der Waals surface area contributed by atoms with Gasteiger partial charge in [0.15, 0.2) is 5.90 Å². The van der Waals surface area contributed by atoms with Gasteiger partial charge in [0.2, 0.25) is 0 Å². The summed E-state index contributed by atoms with van der Waals surface area (Å²) in [4.78, 5) is 20.9. The summed E-state index contributed by atoms with van der Waals surface area (Å²) in [6.07, 6.45) is 4.03. The van der Waals surface area contributed by atoms with E-state index < -0.39 is 13.2 Å². The largest absolute Gasteiger partial charge is 0.550 e. The number of ether oxygens (including phenoxy) is 1. The molecular formula is C20H24BN3O4. The third-order valence-corrected chi connectivity index (χ3v) is 4.51. The van der Waals surface area contributed by atoms with E-state index in [9.17, 15) is 9.82 Å². The van der Waals surface area contributed by atoms with Crippen molar-refractivity contribution in [1.82, 2.24) is 10.3 Å². The summed E-state index contributed by atoms with van der Waals surface area (Å²) in [5.41, 5.74) is 1.54. The average Bonchev–Trinajstić information content (AvgIpc) is 3.09. The average molecular weight is 381 g/mol. The van der Waals surface area contributed by atoms with Crippen molar-refractivity contribution in [2.24, 2.45) is 4.99 Å². The van der Waals surface area contributed by atoms with Gasteiger partial charge in [0.05, 0.1) is 6.61 Å². The van der Waals surface area contributed by atoms with Crippen molar-refractivity contribution < 1.29 is 19.2 Å². The van der Waals surface area contributed by atoms with E-state index in [1.54, 1.807) is 24.4 Å². The minimum absolute atomic E-state index is 0.181. The van der Waals surface area contributed by atoms with Crippen molar-refractivity contribution in [2.45, 2.75) is 31.2 Å². The molecule has 8 heteroatoms. The fraction of sp³-hybridized carbons (Fsp3) is 0.350. The van der Waals surface area contributed by atoms with Gasteiger partial charge in [-0.25, -0.2) is 0 Å². The first-order chi connectivity index (χ1) is 13.7. The predicted octanol–water partition coefficient (Wildman–Crippen LogP) is 1.67. The summed E-state index contributed by atoms with van der Waals surface area (Å²) in [7, 11) is 0.514. The fourth-order valence-corrected chi connectivity index (χ4v) is 3.07. The molecule has 0 saturated carbocycles. The summed E-state index contributed by atoms with van der Waals surface area (Å²) in [5.74, 6) is -0.427. The lowest BCUT2D eigenvalue weighted by Gasteiger charge is -2.18. The summed E-state index contributed by atoms with van der Waals surface area (Å²) < 4.78 is 10.7. The number of amides is 1. The van der Waals surface area contributed by atoms with Crippen molar-refractivity contribution in [1.29, 1.82) is 0 Å². The zero-order chi connectivity index (χ0) is 19.8. The normalized spacial score (nSPS) is 17.0. The van der Waals surface area contributed by atoms with Crippen LogP contribution in [0.2, 0.25) is 0 Å². The van der Waals surface area contributed by atoms with E-state index in [1.165, 1.54) is 12.7 Å². The third-order valence-electron chi connectivity index (χ3n) is 4.51. The van der Waals surface area contributed by atoms with Gasteiger partial charge in [-0.3, -0.25) is 14.8 Å². The molecule has 146 valence electrons. The first kappa shape index (κ1) is 20.0. The zero-order valence-corrected chi connectivity index (χ0v) is 15.8. The van der Waals surface area contributed by atoms with Gasteiger partial charge < -0.3 is 19.7 Å². The van der Waals surface area contributed by atoms with Crippen molar-refractivity contribution in [2.75, 3.05) is 13.7 Å². The molecule has 7 nitrogen and oxygen atoms in total. The number of benzene rings is 1. The first-order valence-corrected chi connectivity index (χ1v) is 9.34. The number of aliphatic imine (C=N–C) groups is 1. The minimum Gasteiger partial charge on any atom is -0.523 e. The molecule has 0 bridgehead atoms. The van der Waals surface area contributed by atoms with Crippen LogP contribution < -0.4 is 5.32 Å². The lowest BCUT2D eigenvalue weighted by molar-refractivity contribution is 0.0911. The van der Waals surface area contributed by atoms with Crippen LogP contribution in [0.15, 0.2) is 59.7 Å². The Morgan fingerprint density at radius 2 is 2.07 bits per heavy atom. The van der Waals surface area contributed by atoms with Crippen LogP contribution in [-0.4, -0.2) is 54.6 Å². The van der Waals surface area contributed by atoms with Crippen LogP contribution in [0.25, 0.3) is 0 Å². The molecule has 2 heterocycles. The monoisotopic (exact) mass is 381 g/mol.